The van der Waals surface area contributed by atoms with E-state index in [0.29, 0.717) is 31.5 Å². The molecule has 6 heteroatoms. The number of methoxy groups -OCH3 is 1. The van der Waals surface area contributed by atoms with Gasteiger partial charge in [-0.1, -0.05) is 18.2 Å². The Labute approximate surface area is 149 Å². The maximum Gasteiger partial charge on any atom is 0.336 e. The van der Waals surface area contributed by atoms with E-state index in [4.69, 9.17) is 4.74 Å². The highest BCUT2D eigenvalue weighted by Gasteiger charge is 2.36. The Bertz CT molecular complexity index is 617. The quantitative estimate of drug-likeness (QED) is 0.818. The lowest BCUT2D eigenvalue weighted by molar-refractivity contribution is -0.132. The van der Waals surface area contributed by atoms with Crippen LogP contribution in [-0.4, -0.2) is 66.7 Å². The first-order chi connectivity index (χ1) is 11.9. The molecule has 0 saturated carbocycles. The molecule has 1 fully saturated rings. The van der Waals surface area contributed by atoms with Crippen LogP contribution in [0.2, 0.25) is 0 Å². The van der Waals surface area contributed by atoms with Crippen LogP contribution in [0.25, 0.3) is 0 Å². The molecule has 2 rings (SSSR count). The number of carbonyl (C=O) groups is 2. The van der Waals surface area contributed by atoms with Crippen LogP contribution < -0.4 is 0 Å². The second-order valence-corrected chi connectivity index (χ2v) is 6.95. The van der Waals surface area contributed by atoms with Gasteiger partial charge in [-0.15, -0.1) is 0 Å². The smallest absolute Gasteiger partial charge is 0.336 e. The van der Waals surface area contributed by atoms with Gasteiger partial charge in [-0.05, 0) is 37.4 Å². The molecular weight excluding hydrogens is 320 g/mol. The number of carboxylic acid groups (broad SMARTS) is 1. The summed E-state index contributed by atoms with van der Waals surface area (Å²) in [4.78, 5) is 27.2. The SMILES string of the molecule is CO[C@]1(CCC(=O)N(C)C)CCCN(Cc2ccccc2C(=O)O)C1. The number of aromatic carboxylic acids is 1. The number of carboxylic acids is 1. The highest BCUT2D eigenvalue weighted by molar-refractivity contribution is 5.89. The third kappa shape index (κ3) is 5.03. The topological polar surface area (TPSA) is 70.1 Å². The summed E-state index contributed by atoms with van der Waals surface area (Å²) < 4.78 is 5.83. The van der Waals surface area contributed by atoms with Gasteiger partial charge in [0.2, 0.25) is 5.91 Å². The molecule has 6 nitrogen and oxygen atoms in total. The minimum Gasteiger partial charge on any atom is -0.478 e. The number of hydrogen-bond donors (Lipinski definition) is 1. The number of likely N-dealkylation sites (tertiary alicyclic amines) is 1. The molecule has 0 unspecified atom stereocenters. The lowest BCUT2D eigenvalue weighted by Crippen LogP contribution is -2.49. The van der Waals surface area contributed by atoms with E-state index in [0.717, 1.165) is 24.9 Å². The number of ether oxygens (including phenoxy) is 1. The number of nitrogens with zero attached hydrogens (tertiary/aromatic N) is 2. The molecule has 25 heavy (non-hydrogen) atoms. The number of rotatable bonds is 7. The van der Waals surface area contributed by atoms with Gasteiger partial charge < -0.3 is 14.7 Å². The van der Waals surface area contributed by atoms with Gasteiger partial charge in [0.25, 0.3) is 0 Å². The van der Waals surface area contributed by atoms with Gasteiger partial charge in [-0.25, -0.2) is 4.79 Å². The Morgan fingerprint density at radius 2 is 2.04 bits per heavy atom. The van der Waals surface area contributed by atoms with Crippen LogP contribution >= 0.6 is 0 Å². The van der Waals surface area contributed by atoms with Crippen LogP contribution in [-0.2, 0) is 16.1 Å². The van der Waals surface area contributed by atoms with E-state index in [2.05, 4.69) is 4.90 Å². The zero-order chi connectivity index (χ0) is 18.4. The van der Waals surface area contributed by atoms with Crippen molar-refractivity contribution >= 4 is 11.9 Å². The van der Waals surface area contributed by atoms with Crippen molar-refractivity contribution in [2.24, 2.45) is 0 Å². The molecule has 0 radical (unpaired) electrons. The Kier molecular flexibility index (Phi) is 6.56. The summed E-state index contributed by atoms with van der Waals surface area (Å²) in [6.45, 7) is 2.19. The van der Waals surface area contributed by atoms with E-state index in [9.17, 15) is 14.7 Å². The minimum atomic E-state index is -0.901. The Balaban J connectivity index is 2.06. The summed E-state index contributed by atoms with van der Waals surface area (Å²) in [6.07, 6.45) is 3.03. The normalized spacial score (nSPS) is 21.1. The molecule has 0 aromatic heterocycles. The molecular formula is C19H28N2O4. The first kappa shape index (κ1) is 19.4. The molecule has 1 saturated heterocycles. The zero-order valence-corrected chi connectivity index (χ0v) is 15.3. The summed E-state index contributed by atoms with van der Waals surface area (Å²) in [7, 11) is 5.23. The first-order valence-corrected chi connectivity index (χ1v) is 8.66. The van der Waals surface area contributed by atoms with E-state index in [1.807, 2.05) is 12.1 Å². The van der Waals surface area contributed by atoms with Crippen molar-refractivity contribution in [1.29, 1.82) is 0 Å². The van der Waals surface area contributed by atoms with Gasteiger partial charge in [0, 0.05) is 40.7 Å². The Morgan fingerprint density at radius 1 is 1.32 bits per heavy atom. The largest absolute Gasteiger partial charge is 0.478 e. The third-order valence-electron chi connectivity index (χ3n) is 4.99. The molecule has 1 aliphatic heterocycles. The number of hydrogen-bond acceptors (Lipinski definition) is 4. The highest BCUT2D eigenvalue weighted by atomic mass is 16.5. The first-order valence-electron chi connectivity index (χ1n) is 8.66. The van der Waals surface area contributed by atoms with E-state index in [1.54, 1.807) is 38.2 Å². The maximum absolute atomic E-state index is 11.9. The summed E-state index contributed by atoms with van der Waals surface area (Å²) in [5.41, 5.74) is 0.812. The predicted molar refractivity (Wildman–Crippen MR) is 95.6 cm³/mol. The van der Waals surface area contributed by atoms with Crippen molar-refractivity contribution in [1.82, 2.24) is 9.80 Å². The predicted octanol–water partition coefficient (Wildman–Crippen LogP) is 2.23. The fourth-order valence-electron chi connectivity index (χ4n) is 3.46. The van der Waals surface area contributed by atoms with Crippen molar-refractivity contribution < 1.29 is 19.4 Å². The van der Waals surface area contributed by atoms with Crippen molar-refractivity contribution in [3.63, 3.8) is 0 Å². The molecule has 1 amide bonds. The van der Waals surface area contributed by atoms with Gasteiger partial charge in [0.15, 0.2) is 0 Å². The highest BCUT2D eigenvalue weighted by Crippen LogP contribution is 2.30. The molecule has 1 aliphatic rings. The molecule has 1 aromatic carbocycles. The standard InChI is InChI=1S/C19H28N2O4/c1-20(2)17(22)9-11-19(25-3)10-6-12-21(14-19)13-15-7-4-5-8-16(15)18(23)24/h4-5,7-8H,6,9-14H2,1-3H3,(H,23,24)/t19-/m0/s1. The van der Waals surface area contributed by atoms with Crippen molar-refractivity contribution in [3.8, 4) is 0 Å². The molecule has 1 N–H and O–H groups in total. The fraction of sp³-hybridized carbons (Fsp3) is 0.579. The number of amides is 1. The second kappa shape index (κ2) is 8.45. The Morgan fingerprint density at radius 3 is 2.68 bits per heavy atom. The minimum absolute atomic E-state index is 0.102. The summed E-state index contributed by atoms with van der Waals surface area (Å²) in [6, 6.07) is 7.11. The van der Waals surface area contributed by atoms with Gasteiger partial charge in [0.05, 0.1) is 11.2 Å². The van der Waals surface area contributed by atoms with E-state index >= 15 is 0 Å². The Hall–Kier alpha value is -1.92. The lowest BCUT2D eigenvalue weighted by atomic mass is 9.87. The van der Waals surface area contributed by atoms with Gasteiger partial charge in [-0.2, -0.15) is 0 Å². The molecule has 1 heterocycles. The van der Waals surface area contributed by atoms with E-state index in [1.165, 1.54) is 0 Å². The molecule has 0 spiro atoms. The average Bonchev–Trinajstić information content (AvgIpc) is 2.60. The van der Waals surface area contributed by atoms with Gasteiger partial charge in [0.1, 0.15) is 0 Å². The summed E-state index contributed by atoms with van der Waals surface area (Å²) in [5.74, 6) is -0.799. The number of carbonyl (C=O) groups excluding carboxylic acids is 1. The molecule has 138 valence electrons. The van der Waals surface area contributed by atoms with Gasteiger partial charge >= 0.3 is 5.97 Å². The van der Waals surface area contributed by atoms with Crippen LogP contribution in [0.3, 0.4) is 0 Å². The van der Waals surface area contributed by atoms with Crippen LogP contribution in [0.15, 0.2) is 24.3 Å². The van der Waals surface area contributed by atoms with Crippen molar-refractivity contribution in [3.05, 3.63) is 35.4 Å². The molecule has 0 aliphatic carbocycles. The van der Waals surface area contributed by atoms with E-state index < -0.39 is 5.97 Å². The van der Waals surface area contributed by atoms with Crippen LogP contribution in [0.4, 0.5) is 0 Å². The fourth-order valence-corrected chi connectivity index (χ4v) is 3.46. The molecule has 1 atom stereocenters. The second-order valence-electron chi connectivity index (χ2n) is 6.95. The molecule has 0 bridgehead atoms. The van der Waals surface area contributed by atoms with Crippen molar-refractivity contribution in [2.75, 3.05) is 34.3 Å². The van der Waals surface area contributed by atoms with Crippen LogP contribution in [0, 0.1) is 0 Å². The average molecular weight is 348 g/mol. The van der Waals surface area contributed by atoms with Gasteiger partial charge in [-0.3, -0.25) is 9.69 Å². The lowest BCUT2D eigenvalue weighted by Gasteiger charge is -2.42. The molecule has 1 aromatic rings. The number of piperidine rings is 1. The monoisotopic (exact) mass is 348 g/mol. The summed E-state index contributed by atoms with van der Waals surface area (Å²) >= 11 is 0. The summed E-state index contributed by atoms with van der Waals surface area (Å²) in [5, 5.41) is 9.36. The third-order valence-corrected chi connectivity index (χ3v) is 4.99. The van der Waals surface area contributed by atoms with Crippen LogP contribution in [0.5, 0.6) is 0 Å². The van der Waals surface area contributed by atoms with E-state index in [-0.39, 0.29) is 11.5 Å². The number of benzene rings is 1. The maximum atomic E-state index is 11.9. The van der Waals surface area contributed by atoms with Crippen LogP contribution in [0.1, 0.15) is 41.6 Å². The van der Waals surface area contributed by atoms with Crippen molar-refractivity contribution in [2.45, 2.75) is 37.8 Å². The zero-order valence-electron chi connectivity index (χ0n) is 15.3.